The summed E-state index contributed by atoms with van der Waals surface area (Å²) in [5.41, 5.74) is 3.98. The van der Waals surface area contributed by atoms with E-state index in [2.05, 4.69) is 34.1 Å². The van der Waals surface area contributed by atoms with Crippen molar-refractivity contribution in [2.45, 2.75) is 34.2 Å². The van der Waals surface area contributed by atoms with Crippen LogP contribution in [0, 0.1) is 27.7 Å². The molecule has 3 rings (SSSR count). The number of rotatable bonds is 4. The number of carbonyl (C=O) groups is 1. The monoisotopic (exact) mass is 388 g/mol. The number of piperazine rings is 1. The highest BCUT2D eigenvalue weighted by Crippen LogP contribution is 2.35. The maximum Gasteiger partial charge on any atom is 0.254 e. The summed E-state index contributed by atoms with van der Waals surface area (Å²) in [6.45, 7) is 11.9. The number of aryl methyl sites for hydroxylation is 3. The normalized spacial score (nSPS) is 15.2. The zero-order valence-corrected chi connectivity index (χ0v) is 17.5. The smallest absolute Gasteiger partial charge is 0.254 e. The van der Waals surface area contributed by atoms with Crippen LogP contribution in [0.2, 0.25) is 0 Å². The van der Waals surface area contributed by atoms with Crippen LogP contribution in [0.15, 0.2) is 10.9 Å². The topological polar surface area (TPSA) is 68.4 Å². The Morgan fingerprint density at radius 1 is 1.19 bits per heavy atom. The van der Waals surface area contributed by atoms with Crippen molar-refractivity contribution in [3.05, 3.63) is 49.2 Å². The Bertz CT molecular complexity index is 907. The maximum absolute atomic E-state index is 13.0. The summed E-state index contributed by atoms with van der Waals surface area (Å²) in [4.78, 5) is 33.8. The van der Waals surface area contributed by atoms with Crippen LogP contribution in [-0.2, 0) is 6.54 Å². The molecule has 6 nitrogen and oxygen atoms in total. The van der Waals surface area contributed by atoms with Gasteiger partial charge >= 0.3 is 0 Å². The number of pyridine rings is 1. The number of anilines is 1. The fourth-order valence-electron chi connectivity index (χ4n) is 3.47. The third-order valence-corrected chi connectivity index (χ3v) is 6.57. The molecule has 7 heteroatoms. The Morgan fingerprint density at radius 3 is 2.48 bits per heavy atom. The lowest BCUT2D eigenvalue weighted by Crippen LogP contribution is -2.44. The Labute approximate surface area is 164 Å². The molecule has 0 unspecified atom stereocenters. The molecule has 1 fully saturated rings. The van der Waals surface area contributed by atoms with Crippen LogP contribution >= 0.6 is 11.3 Å². The fourth-order valence-corrected chi connectivity index (χ4v) is 4.67. The van der Waals surface area contributed by atoms with Gasteiger partial charge < -0.3 is 20.1 Å². The summed E-state index contributed by atoms with van der Waals surface area (Å²) in [5.74, 6) is -0.106. The van der Waals surface area contributed by atoms with E-state index in [1.54, 1.807) is 11.3 Å². The van der Waals surface area contributed by atoms with Gasteiger partial charge in [-0.1, -0.05) is 0 Å². The second-order valence-corrected chi connectivity index (χ2v) is 8.58. The molecule has 2 aromatic heterocycles. The summed E-state index contributed by atoms with van der Waals surface area (Å²) in [6.07, 6.45) is 0. The van der Waals surface area contributed by atoms with Crippen molar-refractivity contribution in [3.8, 4) is 0 Å². The second-order valence-electron chi connectivity index (χ2n) is 7.38. The SMILES string of the molecule is Cc1cc(C)c(CNC(=O)c2c(N3CCN(C)CC3)sc(C)c2C)c(=O)[nH]1. The number of thiophene rings is 1. The van der Waals surface area contributed by atoms with Crippen LogP contribution in [-0.4, -0.2) is 49.0 Å². The van der Waals surface area contributed by atoms with Crippen molar-refractivity contribution in [1.82, 2.24) is 15.2 Å². The van der Waals surface area contributed by atoms with E-state index in [1.807, 2.05) is 26.8 Å². The molecule has 1 saturated heterocycles. The van der Waals surface area contributed by atoms with E-state index in [9.17, 15) is 9.59 Å². The zero-order chi connectivity index (χ0) is 19.7. The minimum absolute atomic E-state index is 0.106. The van der Waals surface area contributed by atoms with Crippen LogP contribution in [0.25, 0.3) is 0 Å². The van der Waals surface area contributed by atoms with E-state index < -0.39 is 0 Å². The largest absolute Gasteiger partial charge is 0.360 e. The molecule has 146 valence electrons. The Kier molecular flexibility index (Phi) is 5.72. The van der Waals surface area contributed by atoms with Gasteiger partial charge in [-0.25, -0.2) is 0 Å². The van der Waals surface area contributed by atoms with E-state index in [0.717, 1.165) is 53.6 Å². The first-order valence-electron chi connectivity index (χ1n) is 9.29. The molecule has 1 aliphatic heterocycles. The average molecular weight is 389 g/mol. The predicted octanol–water partition coefficient (Wildman–Crippen LogP) is 2.35. The predicted molar refractivity (Wildman–Crippen MR) is 111 cm³/mol. The number of aromatic nitrogens is 1. The molecule has 0 aliphatic carbocycles. The van der Waals surface area contributed by atoms with Gasteiger partial charge in [-0.15, -0.1) is 11.3 Å². The number of nitrogens with one attached hydrogen (secondary N) is 2. The van der Waals surface area contributed by atoms with Gasteiger partial charge in [0.2, 0.25) is 0 Å². The zero-order valence-electron chi connectivity index (χ0n) is 16.7. The van der Waals surface area contributed by atoms with Crippen LogP contribution in [0.4, 0.5) is 5.00 Å². The minimum atomic E-state index is -0.134. The van der Waals surface area contributed by atoms with Crippen LogP contribution in [0.5, 0.6) is 0 Å². The quantitative estimate of drug-likeness (QED) is 0.844. The number of likely N-dealkylation sites (N-methyl/N-ethyl adjacent to an activating group) is 1. The third-order valence-electron chi connectivity index (χ3n) is 5.30. The van der Waals surface area contributed by atoms with Gasteiger partial charge in [0.25, 0.3) is 11.5 Å². The molecule has 0 bridgehead atoms. The van der Waals surface area contributed by atoms with Gasteiger partial charge in [-0.3, -0.25) is 9.59 Å². The lowest BCUT2D eigenvalue weighted by molar-refractivity contribution is 0.0951. The maximum atomic E-state index is 13.0. The minimum Gasteiger partial charge on any atom is -0.360 e. The number of nitrogens with zero attached hydrogens (tertiary/aromatic N) is 2. The second kappa shape index (κ2) is 7.86. The molecular formula is C20H28N4O2S. The van der Waals surface area contributed by atoms with Gasteiger partial charge in [0.15, 0.2) is 0 Å². The van der Waals surface area contributed by atoms with Gasteiger partial charge in [-0.2, -0.15) is 0 Å². The van der Waals surface area contributed by atoms with E-state index in [-0.39, 0.29) is 18.0 Å². The number of amides is 1. The molecular weight excluding hydrogens is 360 g/mol. The lowest BCUT2D eigenvalue weighted by Gasteiger charge is -2.33. The van der Waals surface area contributed by atoms with E-state index >= 15 is 0 Å². The molecule has 1 aliphatic rings. The molecule has 0 saturated carbocycles. The van der Waals surface area contributed by atoms with E-state index in [4.69, 9.17) is 0 Å². The number of H-pyrrole nitrogens is 1. The van der Waals surface area contributed by atoms with Gasteiger partial charge in [-0.05, 0) is 51.9 Å². The average Bonchev–Trinajstić information content (AvgIpc) is 2.89. The summed E-state index contributed by atoms with van der Waals surface area (Å²) in [5, 5.41) is 4.02. The van der Waals surface area contributed by atoms with Crippen molar-refractivity contribution >= 4 is 22.2 Å². The fraction of sp³-hybridized carbons (Fsp3) is 0.500. The number of hydrogen-bond donors (Lipinski definition) is 2. The third kappa shape index (κ3) is 4.09. The molecule has 2 aromatic rings. The van der Waals surface area contributed by atoms with Gasteiger partial charge in [0, 0.05) is 48.9 Å². The molecule has 27 heavy (non-hydrogen) atoms. The highest BCUT2D eigenvalue weighted by atomic mass is 32.1. The lowest BCUT2D eigenvalue weighted by atomic mass is 10.1. The van der Waals surface area contributed by atoms with Crippen molar-refractivity contribution in [1.29, 1.82) is 0 Å². The molecule has 2 N–H and O–H groups in total. The number of hydrogen-bond acceptors (Lipinski definition) is 5. The van der Waals surface area contributed by atoms with Crippen molar-refractivity contribution < 1.29 is 4.79 Å². The van der Waals surface area contributed by atoms with Crippen molar-refractivity contribution in [3.63, 3.8) is 0 Å². The summed E-state index contributed by atoms with van der Waals surface area (Å²) < 4.78 is 0. The summed E-state index contributed by atoms with van der Waals surface area (Å²) in [6, 6.07) is 1.93. The summed E-state index contributed by atoms with van der Waals surface area (Å²) in [7, 11) is 2.12. The van der Waals surface area contributed by atoms with Crippen molar-refractivity contribution in [2.24, 2.45) is 0 Å². The first kappa shape index (κ1) is 19.6. The van der Waals surface area contributed by atoms with Gasteiger partial charge in [0.1, 0.15) is 5.00 Å². The molecule has 0 spiro atoms. The van der Waals surface area contributed by atoms with E-state index in [0.29, 0.717) is 5.56 Å². The van der Waals surface area contributed by atoms with Crippen molar-refractivity contribution in [2.75, 3.05) is 38.1 Å². The molecule has 0 atom stereocenters. The van der Waals surface area contributed by atoms with Crippen LogP contribution in [0.1, 0.15) is 37.6 Å². The molecule has 1 amide bonds. The number of carbonyl (C=O) groups excluding carboxylic acids is 1. The first-order valence-corrected chi connectivity index (χ1v) is 10.1. The summed E-state index contributed by atoms with van der Waals surface area (Å²) >= 11 is 1.69. The highest BCUT2D eigenvalue weighted by Gasteiger charge is 2.25. The molecule has 3 heterocycles. The number of aromatic amines is 1. The Morgan fingerprint density at radius 2 is 1.85 bits per heavy atom. The van der Waals surface area contributed by atoms with Gasteiger partial charge in [0.05, 0.1) is 5.56 Å². The first-order chi connectivity index (χ1) is 12.8. The highest BCUT2D eigenvalue weighted by molar-refractivity contribution is 7.16. The molecule has 0 aromatic carbocycles. The Balaban J connectivity index is 1.82. The van der Waals surface area contributed by atoms with Crippen LogP contribution in [0.3, 0.4) is 0 Å². The standard InChI is InChI=1S/C20H28N4O2S/c1-12-10-13(2)22-18(25)16(12)11-21-19(26)17-14(3)15(4)27-20(17)24-8-6-23(5)7-9-24/h10H,6-9,11H2,1-5H3,(H,21,26)(H,22,25). The van der Waals surface area contributed by atoms with E-state index in [1.165, 1.54) is 4.88 Å². The molecule has 0 radical (unpaired) electrons. The Hall–Kier alpha value is -2.12. The van der Waals surface area contributed by atoms with Crippen LogP contribution < -0.4 is 15.8 Å².